The van der Waals surface area contributed by atoms with Crippen molar-refractivity contribution in [1.82, 2.24) is 0 Å². The minimum atomic E-state index is -0.921. The Bertz CT molecular complexity index is 1100. The van der Waals surface area contributed by atoms with Gasteiger partial charge in [-0.1, -0.05) is 52.0 Å². The fourth-order valence-electron chi connectivity index (χ4n) is 3.67. The van der Waals surface area contributed by atoms with Crippen LogP contribution in [-0.4, -0.2) is 17.7 Å². The highest BCUT2D eigenvalue weighted by atomic mass is 32.1. The molecule has 4 heteroatoms. The molecule has 0 saturated carbocycles. The number of benzene rings is 2. The number of carboxylic acid groups (broad SMARTS) is 1. The van der Waals surface area contributed by atoms with Crippen molar-refractivity contribution in [2.75, 3.05) is 6.61 Å². The molecular weight excluding hydrogens is 392 g/mol. The lowest BCUT2D eigenvalue weighted by molar-refractivity contribution is -0.131. The van der Waals surface area contributed by atoms with Gasteiger partial charge in [-0.25, -0.2) is 4.79 Å². The van der Waals surface area contributed by atoms with Gasteiger partial charge in [0, 0.05) is 26.8 Å². The minimum Gasteiger partial charge on any atom is -0.493 e. The zero-order valence-corrected chi connectivity index (χ0v) is 19.4. The monoisotopic (exact) mass is 422 g/mol. The van der Waals surface area contributed by atoms with Crippen molar-refractivity contribution in [3.8, 4) is 16.9 Å². The Balaban J connectivity index is 2.31. The third-order valence-corrected chi connectivity index (χ3v) is 6.60. The first-order chi connectivity index (χ1) is 14.2. The van der Waals surface area contributed by atoms with Gasteiger partial charge >= 0.3 is 5.97 Å². The van der Waals surface area contributed by atoms with Crippen molar-refractivity contribution in [2.24, 2.45) is 0 Å². The number of carboxylic acids is 1. The van der Waals surface area contributed by atoms with E-state index in [1.807, 2.05) is 13.8 Å². The van der Waals surface area contributed by atoms with Crippen molar-refractivity contribution in [1.29, 1.82) is 0 Å². The highest BCUT2D eigenvalue weighted by Gasteiger charge is 2.20. The highest BCUT2D eigenvalue weighted by Crippen LogP contribution is 2.44. The number of hydrogen-bond donors (Lipinski definition) is 1. The second-order valence-corrected chi connectivity index (χ2v) is 9.28. The van der Waals surface area contributed by atoms with Crippen LogP contribution < -0.4 is 4.74 Å². The highest BCUT2D eigenvalue weighted by molar-refractivity contribution is 7.20. The molecule has 1 aromatic heterocycles. The summed E-state index contributed by atoms with van der Waals surface area (Å²) in [5.74, 6) is 0.797. The Morgan fingerprint density at radius 2 is 1.83 bits per heavy atom. The fraction of sp³-hybridized carbons (Fsp3) is 0.346. The van der Waals surface area contributed by atoms with Crippen molar-refractivity contribution < 1.29 is 14.6 Å². The molecule has 3 aromatic rings. The van der Waals surface area contributed by atoms with Crippen molar-refractivity contribution >= 4 is 33.0 Å². The molecule has 3 nitrogen and oxygen atoms in total. The summed E-state index contributed by atoms with van der Waals surface area (Å²) in [6.45, 7) is 13.3. The molecule has 30 heavy (non-hydrogen) atoms. The molecule has 3 rings (SSSR count). The van der Waals surface area contributed by atoms with E-state index in [-0.39, 0.29) is 0 Å². The summed E-state index contributed by atoms with van der Waals surface area (Å²) in [6, 6.07) is 12.9. The third kappa shape index (κ3) is 4.44. The minimum absolute atomic E-state index is 0.350. The molecule has 0 aliphatic heterocycles. The van der Waals surface area contributed by atoms with Crippen LogP contribution in [0.5, 0.6) is 5.75 Å². The van der Waals surface area contributed by atoms with Crippen LogP contribution in [0.2, 0.25) is 0 Å². The van der Waals surface area contributed by atoms with E-state index in [9.17, 15) is 4.79 Å². The van der Waals surface area contributed by atoms with Crippen LogP contribution in [0.25, 0.3) is 26.8 Å². The molecule has 0 aliphatic carbocycles. The molecule has 0 atom stereocenters. The van der Waals surface area contributed by atoms with E-state index in [1.165, 1.54) is 17.2 Å². The lowest BCUT2D eigenvalue weighted by Gasteiger charge is -2.21. The maximum absolute atomic E-state index is 11.1. The summed E-state index contributed by atoms with van der Waals surface area (Å²) in [7, 11) is 0. The Kier molecular flexibility index (Phi) is 6.67. The number of fused-ring (bicyclic) bond motifs is 1. The second kappa shape index (κ2) is 9.05. The van der Waals surface area contributed by atoms with Crippen LogP contribution in [-0.2, 0) is 4.79 Å². The average Bonchev–Trinajstić information content (AvgIpc) is 3.12. The summed E-state index contributed by atoms with van der Waals surface area (Å²) in [6.07, 6.45) is 1.27. The topological polar surface area (TPSA) is 46.5 Å². The zero-order valence-electron chi connectivity index (χ0n) is 18.6. The molecule has 0 spiro atoms. The van der Waals surface area contributed by atoms with Gasteiger partial charge in [0.05, 0.1) is 6.61 Å². The quantitative estimate of drug-likeness (QED) is 0.397. The number of hydrogen-bond acceptors (Lipinski definition) is 3. The Morgan fingerprint density at radius 1 is 1.10 bits per heavy atom. The van der Waals surface area contributed by atoms with Crippen molar-refractivity contribution in [3.63, 3.8) is 0 Å². The van der Waals surface area contributed by atoms with E-state index < -0.39 is 5.97 Å². The van der Waals surface area contributed by atoms with Gasteiger partial charge in [-0.2, -0.15) is 0 Å². The summed E-state index contributed by atoms with van der Waals surface area (Å²) < 4.78 is 7.34. The predicted octanol–water partition coefficient (Wildman–Crippen LogP) is 7.70. The van der Waals surface area contributed by atoms with E-state index in [0.717, 1.165) is 37.4 Å². The Hall–Kier alpha value is -2.59. The van der Waals surface area contributed by atoms with Gasteiger partial charge in [-0.15, -0.1) is 11.3 Å². The van der Waals surface area contributed by atoms with Gasteiger partial charge in [-0.3, -0.25) is 0 Å². The smallest absolute Gasteiger partial charge is 0.328 e. The van der Waals surface area contributed by atoms with Gasteiger partial charge in [0.25, 0.3) is 0 Å². The standard InChI is InChI=1S/C26H30O3S/c1-7-29-25-21(16(4)5)12-19(15(2)3)13-22(25)20-10-8-9-18-14-23(30-26(18)20)17(6)11-24(27)28/h8-16H,7H2,1-6H3,(H,27,28). The molecule has 0 unspecified atom stereocenters. The summed E-state index contributed by atoms with van der Waals surface area (Å²) in [5.41, 5.74) is 5.55. The molecule has 0 aliphatic rings. The first kappa shape index (κ1) is 22.1. The zero-order chi connectivity index (χ0) is 22.0. The molecule has 0 amide bonds. The lowest BCUT2D eigenvalue weighted by Crippen LogP contribution is -2.03. The van der Waals surface area contributed by atoms with E-state index in [4.69, 9.17) is 9.84 Å². The largest absolute Gasteiger partial charge is 0.493 e. The van der Waals surface area contributed by atoms with Gasteiger partial charge in [0.2, 0.25) is 0 Å². The van der Waals surface area contributed by atoms with Crippen molar-refractivity contribution in [3.05, 3.63) is 58.5 Å². The van der Waals surface area contributed by atoms with Crippen LogP contribution in [0.1, 0.15) is 69.4 Å². The predicted molar refractivity (Wildman–Crippen MR) is 128 cm³/mol. The number of aliphatic carboxylic acids is 1. The first-order valence-corrected chi connectivity index (χ1v) is 11.3. The molecular formula is C26H30O3S. The number of thiophene rings is 1. The summed E-state index contributed by atoms with van der Waals surface area (Å²) >= 11 is 1.64. The van der Waals surface area contributed by atoms with E-state index in [0.29, 0.717) is 18.4 Å². The Labute approximate surface area is 183 Å². The molecule has 0 bridgehead atoms. The molecule has 0 radical (unpaired) electrons. The van der Waals surface area contributed by atoms with E-state index >= 15 is 0 Å². The SMILES string of the molecule is CCOc1c(-c2cccc3cc(C(C)=CC(=O)O)sc23)cc(C(C)C)cc1C(C)C. The maximum atomic E-state index is 11.1. The van der Waals surface area contributed by atoms with E-state index in [2.05, 4.69) is 64.1 Å². The molecule has 1 heterocycles. The number of carbonyl (C=O) groups is 1. The fourth-order valence-corrected chi connectivity index (χ4v) is 4.83. The number of allylic oxidation sites excluding steroid dienone is 1. The van der Waals surface area contributed by atoms with Gasteiger partial charge in [-0.05, 0) is 59.9 Å². The molecule has 0 fully saturated rings. The van der Waals surface area contributed by atoms with Crippen LogP contribution in [0, 0.1) is 0 Å². The molecule has 1 N–H and O–H groups in total. The maximum Gasteiger partial charge on any atom is 0.328 e. The molecule has 158 valence electrons. The van der Waals surface area contributed by atoms with Crippen LogP contribution >= 0.6 is 11.3 Å². The Morgan fingerprint density at radius 3 is 2.43 bits per heavy atom. The lowest BCUT2D eigenvalue weighted by atomic mass is 9.89. The number of ether oxygens (including phenoxy) is 1. The first-order valence-electron chi connectivity index (χ1n) is 10.5. The average molecular weight is 423 g/mol. The van der Waals surface area contributed by atoms with Crippen molar-refractivity contribution in [2.45, 2.75) is 53.4 Å². The second-order valence-electron chi connectivity index (χ2n) is 8.23. The number of rotatable bonds is 7. The normalized spacial score (nSPS) is 12.2. The summed E-state index contributed by atoms with van der Waals surface area (Å²) in [5, 5.41) is 10.2. The summed E-state index contributed by atoms with van der Waals surface area (Å²) in [4.78, 5) is 12.1. The van der Waals surface area contributed by atoms with Gasteiger partial charge < -0.3 is 9.84 Å². The van der Waals surface area contributed by atoms with Crippen LogP contribution in [0.3, 0.4) is 0 Å². The third-order valence-electron chi connectivity index (χ3n) is 5.28. The van der Waals surface area contributed by atoms with Crippen LogP contribution in [0.15, 0.2) is 42.5 Å². The molecule has 0 saturated heterocycles. The van der Waals surface area contributed by atoms with Gasteiger partial charge in [0.15, 0.2) is 0 Å². The van der Waals surface area contributed by atoms with Gasteiger partial charge in [0.1, 0.15) is 5.75 Å². The molecule has 2 aromatic carbocycles. The van der Waals surface area contributed by atoms with Crippen LogP contribution in [0.4, 0.5) is 0 Å². The van der Waals surface area contributed by atoms with E-state index in [1.54, 1.807) is 11.3 Å².